The maximum Gasteiger partial charge on any atom is 0.493 e. The number of aromatic amines is 1. The number of ether oxygens (including phenoxy) is 1. The Hall–Kier alpha value is -2.24. The van der Waals surface area contributed by atoms with Gasteiger partial charge in [0.15, 0.2) is 0 Å². The van der Waals surface area contributed by atoms with Crippen LogP contribution in [0, 0.1) is 6.92 Å². The summed E-state index contributed by atoms with van der Waals surface area (Å²) in [5.74, 6) is 0. The molecule has 30 heavy (non-hydrogen) atoms. The van der Waals surface area contributed by atoms with Crippen LogP contribution >= 0.6 is 0 Å². The van der Waals surface area contributed by atoms with E-state index in [1.165, 1.54) is 10.8 Å². The second-order valence-electron chi connectivity index (χ2n) is 7.61. The number of hydrogen-bond acceptors (Lipinski definition) is 7. The molecule has 1 aromatic carbocycles. The number of nitrogens with one attached hydrogen (secondary N) is 1. The standard InChI is InChI=1S/C20H26BN3O6/c1-14-12-24(20(27)22-19(14)26)18-11-16(17(13-25)30-18)23-7-9-28-21(29-10-8-23)15-5-3-2-4-6-15/h2-6,12,16-18,25H,7-11,13H2,1H3,(H,22,26,27)/t16-,17+,18+/m0/s1. The molecule has 0 aliphatic carbocycles. The molecule has 4 rings (SSSR count). The molecule has 1 aromatic heterocycles. The molecule has 3 heterocycles. The summed E-state index contributed by atoms with van der Waals surface area (Å²) in [7, 11) is -0.391. The third-order valence-corrected chi connectivity index (χ3v) is 5.68. The Morgan fingerprint density at radius 3 is 2.53 bits per heavy atom. The van der Waals surface area contributed by atoms with Crippen molar-refractivity contribution >= 4 is 12.6 Å². The molecule has 2 aromatic rings. The summed E-state index contributed by atoms with van der Waals surface area (Å²) in [6, 6.07) is 9.72. The van der Waals surface area contributed by atoms with E-state index in [9.17, 15) is 14.7 Å². The van der Waals surface area contributed by atoms with Crippen LogP contribution in [0.3, 0.4) is 0 Å². The van der Waals surface area contributed by atoms with Crippen molar-refractivity contribution in [1.82, 2.24) is 14.5 Å². The smallest absolute Gasteiger partial charge is 0.406 e. The third kappa shape index (κ3) is 4.42. The van der Waals surface area contributed by atoms with Gasteiger partial charge in [-0.25, -0.2) is 4.79 Å². The molecule has 2 N–H and O–H groups in total. The van der Waals surface area contributed by atoms with Crippen LogP contribution in [0.4, 0.5) is 0 Å². The zero-order valence-corrected chi connectivity index (χ0v) is 16.9. The predicted octanol–water partition coefficient (Wildman–Crippen LogP) is -0.762. The lowest BCUT2D eigenvalue weighted by molar-refractivity contribution is -0.0419. The summed E-state index contributed by atoms with van der Waals surface area (Å²) in [6.07, 6.45) is 1.02. The summed E-state index contributed by atoms with van der Waals surface area (Å²) in [5.41, 5.74) is 0.493. The Balaban J connectivity index is 1.44. The molecular formula is C20H26BN3O6. The minimum absolute atomic E-state index is 0.0976. The van der Waals surface area contributed by atoms with Crippen LogP contribution in [-0.2, 0) is 14.0 Å². The monoisotopic (exact) mass is 415 g/mol. The van der Waals surface area contributed by atoms with Crippen LogP contribution in [0.25, 0.3) is 0 Å². The first-order valence-corrected chi connectivity index (χ1v) is 10.2. The lowest BCUT2D eigenvalue weighted by Crippen LogP contribution is -2.50. The first kappa shape index (κ1) is 21.0. The van der Waals surface area contributed by atoms with Gasteiger partial charge < -0.3 is 19.2 Å². The van der Waals surface area contributed by atoms with E-state index in [2.05, 4.69) is 9.88 Å². The van der Waals surface area contributed by atoms with Gasteiger partial charge >= 0.3 is 12.8 Å². The van der Waals surface area contributed by atoms with E-state index in [1.807, 2.05) is 30.3 Å². The van der Waals surface area contributed by atoms with Gasteiger partial charge in [0, 0.05) is 50.5 Å². The zero-order chi connectivity index (χ0) is 21.1. The van der Waals surface area contributed by atoms with Crippen molar-refractivity contribution in [3.63, 3.8) is 0 Å². The van der Waals surface area contributed by atoms with Crippen LogP contribution in [0.1, 0.15) is 18.2 Å². The largest absolute Gasteiger partial charge is 0.493 e. The number of hydrogen-bond donors (Lipinski definition) is 2. The molecule has 0 unspecified atom stereocenters. The maximum atomic E-state index is 12.2. The number of nitrogens with zero attached hydrogens (tertiary/aromatic N) is 2. The molecule has 0 spiro atoms. The van der Waals surface area contributed by atoms with Crippen LogP contribution in [0.15, 0.2) is 46.1 Å². The van der Waals surface area contributed by atoms with Gasteiger partial charge in [0.05, 0.1) is 12.7 Å². The van der Waals surface area contributed by atoms with Crippen molar-refractivity contribution in [3.8, 4) is 0 Å². The Bertz CT molecular complexity index is 955. The molecular weight excluding hydrogens is 389 g/mol. The Morgan fingerprint density at radius 2 is 1.87 bits per heavy atom. The molecule has 3 atom stereocenters. The highest BCUT2D eigenvalue weighted by Gasteiger charge is 2.40. The molecule has 160 valence electrons. The first-order valence-electron chi connectivity index (χ1n) is 10.2. The fourth-order valence-corrected chi connectivity index (χ4v) is 4.08. The van der Waals surface area contributed by atoms with Gasteiger partial charge in [-0.05, 0) is 12.4 Å². The Kier molecular flexibility index (Phi) is 6.50. The first-order chi connectivity index (χ1) is 14.6. The van der Waals surface area contributed by atoms with E-state index in [0.717, 1.165) is 5.46 Å². The number of benzene rings is 1. The zero-order valence-electron chi connectivity index (χ0n) is 16.9. The maximum absolute atomic E-state index is 12.2. The predicted molar refractivity (Wildman–Crippen MR) is 111 cm³/mol. The summed E-state index contributed by atoms with van der Waals surface area (Å²) in [5, 5.41) is 9.86. The van der Waals surface area contributed by atoms with Crippen molar-refractivity contribution in [1.29, 1.82) is 0 Å². The summed E-state index contributed by atoms with van der Waals surface area (Å²) < 4.78 is 19.2. The fraction of sp³-hybridized carbons (Fsp3) is 0.500. The summed E-state index contributed by atoms with van der Waals surface area (Å²) in [4.78, 5) is 28.4. The Morgan fingerprint density at radius 1 is 1.17 bits per heavy atom. The molecule has 2 aliphatic rings. The molecule has 2 aliphatic heterocycles. The topological polar surface area (TPSA) is 106 Å². The van der Waals surface area contributed by atoms with E-state index in [4.69, 9.17) is 14.0 Å². The molecule has 0 saturated carbocycles. The minimum Gasteiger partial charge on any atom is -0.406 e. The van der Waals surface area contributed by atoms with Crippen molar-refractivity contribution in [2.45, 2.75) is 31.7 Å². The van der Waals surface area contributed by atoms with E-state index >= 15 is 0 Å². The second kappa shape index (κ2) is 9.28. The second-order valence-corrected chi connectivity index (χ2v) is 7.61. The number of rotatable bonds is 4. The van der Waals surface area contributed by atoms with Gasteiger partial charge in [0.1, 0.15) is 6.23 Å². The van der Waals surface area contributed by atoms with Crippen molar-refractivity contribution in [3.05, 3.63) is 62.9 Å². The molecule has 2 fully saturated rings. The summed E-state index contributed by atoms with van der Waals surface area (Å²) >= 11 is 0. The minimum atomic E-state index is -0.556. The van der Waals surface area contributed by atoms with Crippen LogP contribution < -0.4 is 16.7 Å². The van der Waals surface area contributed by atoms with E-state index < -0.39 is 30.7 Å². The molecule has 2 saturated heterocycles. The highest BCUT2D eigenvalue weighted by Crippen LogP contribution is 2.31. The van der Waals surface area contributed by atoms with E-state index in [0.29, 0.717) is 38.3 Å². The molecule has 0 amide bonds. The average Bonchev–Trinajstić information content (AvgIpc) is 3.15. The molecule has 0 radical (unpaired) electrons. The fourth-order valence-electron chi connectivity index (χ4n) is 4.08. The van der Waals surface area contributed by atoms with Crippen LogP contribution in [0.5, 0.6) is 0 Å². The number of aliphatic hydroxyl groups excluding tert-OH is 1. The normalized spacial score (nSPS) is 25.8. The lowest BCUT2D eigenvalue weighted by Gasteiger charge is -2.33. The quantitative estimate of drug-likeness (QED) is 0.633. The third-order valence-electron chi connectivity index (χ3n) is 5.68. The van der Waals surface area contributed by atoms with Crippen molar-refractivity contribution < 1.29 is 19.2 Å². The van der Waals surface area contributed by atoms with Gasteiger partial charge in [-0.15, -0.1) is 0 Å². The number of H-pyrrole nitrogens is 1. The van der Waals surface area contributed by atoms with Gasteiger partial charge in [-0.2, -0.15) is 0 Å². The highest BCUT2D eigenvalue weighted by molar-refractivity contribution is 6.61. The molecule has 10 heteroatoms. The number of aromatic nitrogens is 2. The molecule has 0 bridgehead atoms. The Labute approximate surface area is 174 Å². The van der Waals surface area contributed by atoms with Gasteiger partial charge in [0.2, 0.25) is 0 Å². The van der Waals surface area contributed by atoms with Gasteiger partial charge in [0.25, 0.3) is 5.56 Å². The van der Waals surface area contributed by atoms with Crippen LogP contribution in [0.2, 0.25) is 0 Å². The molecule has 9 nitrogen and oxygen atoms in total. The van der Waals surface area contributed by atoms with Gasteiger partial charge in [-0.1, -0.05) is 30.3 Å². The lowest BCUT2D eigenvalue weighted by atomic mass is 9.79. The van der Waals surface area contributed by atoms with E-state index in [-0.39, 0.29) is 12.6 Å². The SMILES string of the molecule is Cc1cn([C@H]2C[C@H](N3CCOB(c4ccccc4)OCC3)[C@@H](CO)O2)c(=O)[nH]c1=O. The van der Waals surface area contributed by atoms with Crippen molar-refractivity contribution in [2.75, 3.05) is 32.9 Å². The van der Waals surface area contributed by atoms with Crippen molar-refractivity contribution in [2.24, 2.45) is 0 Å². The van der Waals surface area contributed by atoms with Gasteiger partial charge in [-0.3, -0.25) is 19.2 Å². The number of aliphatic hydroxyl groups is 1. The summed E-state index contributed by atoms with van der Waals surface area (Å²) in [6.45, 7) is 3.73. The number of aryl methyl sites for hydroxylation is 1. The van der Waals surface area contributed by atoms with E-state index in [1.54, 1.807) is 6.92 Å². The highest BCUT2D eigenvalue weighted by atomic mass is 16.6. The average molecular weight is 415 g/mol. The van der Waals surface area contributed by atoms with Crippen LogP contribution in [-0.4, -0.2) is 71.7 Å².